The van der Waals surface area contributed by atoms with Gasteiger partial charge in [0.25, 0.3) is 0 Å². The van der Waals surface area contributed by atoms with E-state index >= 15 is 0 Å². The van der Waals surface area contributed by atoms with Gasteiger partial charge in [-0.2, -0.15) is 0 Å². The molecular weight excluding hydrogens is 264 g/mol. The summed E-state index contributed by atoms with van der Waals surface area (Å²) in [5.74, 6) is 0.352. The lowest BCUT2D eigenvalue weighted by Crippen LogP contribution is -2.37. The molecule has 0 spiro atoms. The van der Waals surface area contributed by atoms with Gasteiger partial charge in [0.1, 0.15) is 0 Å². The van der Waals surface area contributed by atoms with Gasteiger partial charge in [-0.15, -0.1) is 4.33 Å². The molecule has 0 radical (unpaired) electrons. The summed E-state index contributed by atoms with van der Waals surface area (Å²) in [4.78, 5) is 5.89. The summed E-state index contributed by atoms with van der Waals surface area (Å²) in [6, 6.07) is 9.15. The number of benzene rings is 1. The maximum atomic E-state index is 9.99. The highest BCUT2D eigenvalue weighted by molar-refractivity contribution is 7.98. The molecule has 0 saturated heterocycles. The standard InChI is InChI=1S/C14H18O4S/c1-9-12(15)8-13(10(2)14(9)16)19-18-17-11-6-4-3-5-7-11/h3-10,12,14-16H,1-2H3/t9-,10-,12-,14-/m0/s1. The molecule has 5 heteroatoms. The van der Waals surface area contributed by atoms with E-state index in [0.717, 1.165) is 16.9 Å². The predicted octanol–water partition coefficient (Wildman–Crippen LogP) is 2.54. The molecular formula is C14H18O4S. The topological polar surface area (TPSA) is 58.9 Å². The molecule has 1 aliphatic carbocycles. The molecule has 4 atom stereocenters. The zero-order valence-corrected chi connectivity index (χ0v) is 11.7. The molecule has 1 aromatic carbocycles. The van der Waals surface area contributed by atoms with Crippen LogP contribution in [0.2, 0.25) is 0 Å². The molecule has 104 valence electrons. The smallest absolute Gasteiger partial charge is 0.166 e. The summed E-state index contributed by atoms with van der Waals surface area (Å²) >= 11 is 1.03. The minimum Gasteiger partial charge on any atom is -0.392 e. The minimum atomic E-state index is -0.658. The zero-order valence-electron chi connectivity index (χ0n) is 10.9. The molecule has 0 saturated carbocycles. The van der Waals surface area contributed by atoms with Crippen molar-refractivity contribution in [1.29, 1.82) is 0 Å². The SMILES string of the molecule is C[C@@H]1[C@H](O)[C@@H](C)C(SOOc2ccccc2)=C[C@@H]1O. The molecule has 0 fully saturated rings. The number of aliphatic hydroxyl groups is 2. The quantitative estimate of drug-likeness (QED) is 0.505. The molecule has 1 aliphatic rings. The molecule has 0 aliphatic heterocycles. The fourth-order valence-corrected chi connectivity index (χ4v) is 2.65. The fourth-order valence-electron chi connectivity index (χ4n) is 1.97. The summed E-state index contributed by atoms with van der Waals surface area (Å²) in [6.07, 6.45) is 0.470. The van der Waals surface area contributed by atoms with Crippen molar-refractivity contribution in [2.24, 2.45) is 11.8 Å². The third-order valence-electron chi connectivity index (χ3n) is 3.38. The molecule has 4 nitrogen and oxygen atoms in total. The summed E-state index contributed by atoms with van der Waals surface area (Å²) in [5.41, 5.74) is 0. The maximum Gasteiger partial charge on any atom is 0.166 e. The van der Waals surface area contributed by atoms with Gasteiger partial charge in [0.2, 0.25) is 0 Å². The van der Waals surface area contributed by atoms with Crippen LogP contribution < -0.4 is 4.89 Å². The number of hydrogen-bond donors (Lipinski definition) is 2. The first-order valence-corrected chi connectivity index (χ1v) is 6.98. The van der Waals surface area contributed by atoms with Crippen LogP contribution in [0, 0.1) is 11.8 Å². The van der Waals surface area contributed by atoms with Crippen LogP contribution in [-0.2, 0) is 4.33 Å². The van der Waals surface area contributed by atoms with Crippen molar-refractivity contribution < 1.29 is 19.4 Å². The Morgan fingerprint density at radius 3 is 2.47 bits per heavy atom. The number of aliphatic hydroxyl groups excluding tert-OH is 2. The number of rotatable bonds is 4. The van der Waals surface area contributed by atoms with Gasteiger partial charge < -0.3 is 15.1 Å². The van der Waals surface area contributed by atoms with Crippen molar-refractivity contribution in [3.8, 4) is 5.75 Å². The average Bonchev–Trinajstić information content (AvgIpc) is 2.43. The van der Waals surface area contributed by atoms with E-state index < -0.39 is 12.2 Å². The Hall–Kier alpha value is -1.01. The highest BCUT2D eigenvalue weighted by Crippen LogP contribution is 2.36. The van der Waals surface area contributed by atoms with Crippen molar-refractivity contribution in [2.75, 3.05) is 0 Å². The Kier molecular flexibility index (Phi) is 4.87. The lowest BCUT2D eigenvalue weighted by atomic mass is 9.84. The van der Waals surface area contributed by atoms with E-state index in [1.54, 1.807) is 18.2 Å². The van der Waals surface area contributed by atoms with Crippen molar-refractivity contribution >= 4 is 12.0 Å². The second-order valence-corrected chi connectivity index (χ2v) is 5.52. The first-order chi connectivity index (χ1) is 9.09. The van der Waals surface area contributed by atoms with Crippen LogP contribution in [0.15, 0.2) is 41.3 Å². The Labute approximate surface area is 117 Å². The number of hydrogen-bond acceptors (Lipinski definition) is 5. The van der Waals surface area contributed by atoms with E-state index in [1.165, 1.54) is 0 Å². The highest BCUT2D eigenvalue weighted by Gasteiger charge is 2.34. The van der Waals surface area contributed by atoms with Gasteiger partial charge in [-0.1, -0.05) is 32.0 Å². The van der Waals surface area contributed by atoms with Crippen LogP contribution in [0.3, 0.4) is 0 Å². The van der Waals surface area contributed by atoms with Gasteiger partial charge in [0.15, 0.2) is 5.75 Å². The lowest BCUT2D eigenvalue weighted by Gasteiger charge is -2.33. The van der Waals surface area contributed by atoms with E-state index in [-0.39, 0.29) is 11.8 Å². The van der Waals surface area contributed by atoms with Crippen LogP contribution in [-0.4, -0.2) is 22.4 Å². The Morgan fingerprint density at radius 1 is 1.11 bits per heavy atom. The largest absolute Gasteiger partial charge is 0.392 e. The van der Waals surface area contributed by atoms with Crippen LogP contribution >= 0.6 is 12.0 Å². The molecule has 2 rings (SSSR count). The summed E-state index contributed by atoms with van der Waals surface area (Å²) < 4.78 is 5.09. The Bertz CT molecular complexity index is 434. The van der Waals surface area contributed by atoms with Gasteiger partial charge in [-0.3, -0.25) is 0 Å². The predicted molar refractivity (Wildman–Crippen MR) is 74.2 cm³/mol. The maximum absolute atomic E-state index is 9.99. The van der Waals surface area contributed by atoms with Gasteiger partial charge in [0, 0.05) is 16.7 Å². The van der Waals surface area contributed by atoms with Crippen molar-refractivity contribution in [3.63, 3.8) is 0 Å². The molecule has 0 aromatic heterocycles. The van der Waals surface area contributed by atoms with E-state index in [9.17, 15) is 10.2 Å². The monoisotopic (exact) mass is 282 g/mol. The van der Waals surface area contributed by atoms with E-state index in [2.05, 4.69) is 0 Å². The minimum absolute atomic E-state index is 0.0808. The molecule has 0 heterocycles. The van der Waals surface area contributed by atoms with Crippen LogP contribution in [0.25, 0.3) is 0 Å². The van der Waals surface area contributed by atoms with Gasteiger partial charge in [-0.25, -0.2) is 0 Å². The fraction of sp³-hybridized carbons (Fsp3) is 0.429. The molecule has 0 amide bonds. The zero-order chi connectivity index (χ0) is 13.8. The van der Waals surface area contributed by atoms with Gasteiger partial charge in [-0.05, 0) is 18.2 Å². The second kappa shape index (κ2) is 6.43. The molecule has 1 aromatic rings. The van der Waals surface area contributed by atoms with Crippen molar-refractivity contribution in [1.82, 2.24) is 0 Å². The third kappa shape index (κ3) is 3.51. The normalized spacial score (nSPS) is 30.8. The molecule has 0 unspecified atom stereocenters. The van der Waals surface area contributed by atoms with E-state index in [1.807, 2.05) is 32.0 Å². The average molecular weight is 282 g/mol. The first kappa shape index (κ1) is 14.4. The number of para-hydroxylation sites is 1. The third-order valence-corrected chi connectivity index (χ3v) is 4.21. The van der Waals surface area contributed by atoms with Crippen LogP contribution in [0.1, 0.15) is 13.8 Å². The summed E-state index contributed by atoms with van der Waals surface area (Å²) in [7, 11) is 0. The van der Waals surface area contributed by atoms with Crippen molar-refractivity contribution in [2.45, 2.75) is 26.1 Å². The first-order valence-electron chi connectivity index (χ1n) is 6.23. The lowest BCUT2D eigenvalue weighted by molar-refractivity contribution is -0.0777. The summed E-state index contributed by atoms with van der Waals surface area (Å²) in [5, 5.41) is 19.8. The van der Waals surface area contributed by atoms with E-state index in [0.29, 0.717) is 5.75 Å². The van der Waals surface area contributed by atoms with Crippen molar-refractivity contribution in [3.05, 3.63) is 41.3 Å². The van der Waals surface area contributed by atoms with Crippen LogP contribution in [0.4, 0.5) is 0 Å². The highest BCUT2D eigenvalue weighted by atomic mass is 32.2. The Balaban J connectivity index is 1.90. The molecule has 19 heavy (non-hydrogen) atoms. The molecule has 2 N–H and O–H groups in total. The molecule has 0 bridgehead atoms. The van der Waals surface area contributed by atoms with Gasteiger partial charge >= 0.3 is 0 Å². The van der Waals surface area contributed by atoms with Crippen LogP contribution in [0.5, 0.6) is 5.75 Å². The van der Waals surface area contributed by atoms with Gasteiger partial charge in [0.05, 0.1) is 24.3 Å². The Morgan fingerprint density at radius 2 is 1.79 bits per heavy atom. The van der Waals surface area contributed by atoms with E-state index in [4.69, 9.17) is 9.22 Å². The summed E-state index contributed by atoms with van der Waals surface area (Å²) in [6.45, 7) is 3.73. The second-order valence-electron chi connectivity index (χ2n) is 4.75.